The molecule has 0 bridgehead atoms. The highest BCUT2D eigenvalue weighted by Gasteiger charge is 2.13. The summed E-state index contributed by atoms with van der Waals surface area (Å²) in [6.45, 7) is 0. The normalized spacial score (nSPS) is 11.9. The second-order valence-corrected chi connectivity index (χ2v) is 4.69. The monoisotopic (exact) mass is 245 g/mol. The number of fused-ring (bicyclic) bond motifs is 2. The van der Waals surface area contributed by atoms with Crippen molar-refractivity contribution in [3.05, 3.63) is 51.1 Å². The predicted molar refractivity (Wildman–Crippen MR) is 67.8 cm³/mol. The van der Waals surface area contributed by atoms with Crippen LogP contribution in [0.25, 0.3) is 20.7 Å². The Morgan fingerprint density at radius 2 is 2.12 bits per heavy atom. The van der Waals surface area contributed by atoms with Gasteiger partial charge in [-0.05, 0) is 17.5 Å². The largest absolute Gasteiger partial charge is 0.351 e. The van der Waals surface area contributed by atoms with Gasteiger partial charge in [-0.3, -0.25) is 9.36 Å². The summed E-state index contributed by atoms with van der Waals surface area (Å²) in [5.74, 6) is 0. The Hall–Kier alpha value is -2.01. The van der Waals surface area contributed by atoms with E-state index in [1.54, 1.807) is 6.07 Å². The van der Waals surface area contributed by atoms with Gasteiger partial charge in [0, 0.05) is 11.7 Å². The zero-order chi connectivity index (χ0) is 12.9. The van der Waals surface area contributed by atoms with Gasteiger partial charge in [-0.15, -0.1) is 11.3 Å². The van der Waals surface area contributed by atoms with E-state index in [1.807, 2.05) is 18.2 Å². The standard InChI is InChI=1S/C12H8N2O2S/c1-14-11(15)8-6-7-4-2-3-5-9(7)17-10(8)13-12(14)16/h2-6H,1H3/i6D. The zero-order valence-electron chi connectivity index (χ0n) is 9.93. The number of aromatic nitrogens is 2. The lowest BCUT2D eigenvalue weighted by atomic mass is 10.2. The maximum atomic E-state index is 12.0. The van der Waals surface area contributed by atoms with E-state index in [9.17, 15) is 9.59 Å². The molecule has 2 aliphatic rings. The molecule has 0 atom stereocenters. The minimum Gasteiger partial charge on any atom is -0.268 e. The molecule has 0 amide bonds. The molecular weight excluding hydrogens is 236 g/mol. The van der Waals surface area contributed by atoms with E-state index in [4.69, 9.17) is 1.37 Å². The minimum atomic E-state index is -0.585. The van der Waals surface area contributed by atoms with Crippen LogP contribution in [0.1, 0.15) is 1.37 Å². The Bertz CT molecular complexity index is 853. The van der Waals surface area contributed by atoms with Gasteiger partial charge >= 0.3 is 5.69 Å². The first-order valence-electron chi connectivity index (χ1n) is 5.49. The molecule has 0 fully saturated rings. The van der Waals surface area contributed by atoms with Gasteiger partial charge in [0.1, 0.15) is 5.01 Å². The average Bonchev–Trinajstić information content (AvgIpc) is 2.36. The summed E-state index contributed by atoms with van der Waals surface area (Å²) in [6.07, 6.45) is 0. The first-order chi connectivity index (χ1) is 8.59. The number of hydrogen-bond acceptors (Lipinski definition) is 4. The number of rotatable bonds is 0. The molecule has 1 aromatic carbocycles. The molecule has 1 aromatic rings. The predicted octanol–water partition coefficient (Wildman–Crippen LogP) is 1.46. The Kier molecular flexibility index (Phi) is 1.86. The number of benzene rings is 1. The van der Waals surface area contributed by atoms with Gasteiger partial charge in [0.05, 0.1) is 6.93 Å². The highest BCUT2D eigenvalue weighted by atomic mass is 32.1. The fraction of sp³-hybridized carbons (Fsp3) is 0.0833. The molecule has 2 heterocycles. The summed E-state index contributed by atoms with van der Waals surface area (Å²) >= 11 is 1.26. The molecule has 0 N–H and O–H groups in total. The first kappa shape index (κ1) is 9.07. The molecule has 0 saturated heterocycles. The van der Waals surface area contributed by atoms with Crippen LogP contribution in [0.2, 0.25) is 0 Å². The van der Waals surface area contributed by atoms with E-state index in [2.05, 4.69) is 4.98 Å². The molecule has 84 valence electrons. The Morgan fingerprint density at radius 1 is 1.35 bits per heavy atom. The molecule has 0 spiro atoms. The summed E-state index contributed by atoms with van der Waals surface area (Å²) < 4.78 is 9.87. The van der Waals surface area contributed by atoms with E-state index < -0.39 is 11.2 Å². The van der Waals surface area contributed by atoms with E-state index in [1.165, 1.54) is 18.4 Å². The van der Waals surface area contributed by atoms with Crippen LogP contribution in [0.3, 0.4) is 0 Å². The lowest BCUT2D eigenvalue weighted by Crippen LogP contribution is -2.34. The van der Waals surface area contributed by atoms with Crippen LogP contribution in [0, 0.1) is 0 Å². The third-order valence-corrected chi connectivity index (χ3v) is 3.63. The van der Waals surface area contributed by atoms with Crippen LogP contribution in [0.4, 0.5) is 0 Å². The van der Waals surface area contributed by atoms with Crippen molar-refractivity contribution in [1.29, 1.82) is 0 Å². The maximum absolute atomic E-state index is 12.0. The van der Waals surface area contributed by atoms with Crippen LogP contribution in [0.5, 0.6) is 0 Å². The lowest BCUT2D eigenvalue weighted by molar-refractivity contribution is 0.781. The van der Waals surface area contributed by atoms with Gasteiger partial charge in [0.2, 0.25) is 0 Å². The van der Waals surface area contributed by atoms with Gasteiger partial charge in [-0.25, -0.2) is 4.79 Å². The summed E-state index contributed by atoms with van der Waals surface area (Å²) in [5.41, 5.74) is -0.837. The molecule has 0 unspecified atom stereocenters. The van der Waals surface area contributed by atoms with Crippen LogP contribution < -0.4 is 11.2 Å². The van der Waals surface area contributed by atoms with E-state index >= 15 is 0 Å². The maximum Gasteiger partial charge on any atom is 0.351 e. The summed E-state index contributed by atoms with van der Waals surface area (Å²) in [7, 11) is 1.37. The molecule has 5 heteroatoms. The third-order valence-electron chi connectivity index (χ3n) is 2.57. The van der Waals surface area contributed by atoms with Crippen molar-refractivity contribution in [2.75, 3.05) is 0 Å². The van der Waals surface area contributed by atoms with Crippen molar-refractivity contribution >= 4 is 21.4 Å². The van der Waals surface area contributed by atoms with Crippen molar-refractivity contribution in [3.63, 3.8) is 0 Å². The van der Waals surface area contributed by atoms with Crippen molar-refractivity contribution in [2.24, 2.45) is 7.05 Å². The Morgan fingerprint density at radius 3 is 2.94 bits per heavy atom. The average molecular weight is 245 g/mol. The van der Waals surface area contributed by atoms with Crippen LogP contribution in [-0.2, 0) is 7.05 Å². The molecule has 0 saturated carbocycles. The zero-order valence-corrected chi connectivity index (χ0v) is 9.75. The highest BCUT2D eigenvalue weighted by Crippen LogP contribution is 2.28. The molecular formula is C12H8N2O2S. The van der Waals surface area contributed by atoms with E-state index in [-0.39, 0.29) is 11.6 Å². The first-order valence-corrected chi connectivity index (χ1v) is 5.80. The highest BCUT2D eigenvalue weighted by molar-refractivity contribution is 7.21. The van der Waals surface area contributed by atoms with Gasteiger partial charge in [-0.2, -0.15) is 4.98 Å². The van der Waals surface area contributed by atoms with Crippen molar-refractivity contribution < 1.29 is 1.37 Å². The van der Waals surface area contributed by atoms with Crippen molar-refractivity contribution in [1.82, 2.24) is 9.55 Å². The molecule has 17 heavy (non-hydrogen) atoms. The Labute approximate surface area is 102 Å². The minimum absolute atomic E-state index is 0.132. The fourth-order valence-electron chi connectivity index (χ4n) is 1.64. The second-order valence-electron chi connectivity index (χ2n) is 3.66. The molecule has 0 aliphatic carbocycles. The summed E-state index contributed by atoms with van der Waals surface area (Å²) in [4.78, 5) is 27.4. The summed E-state index contributed by atoms with van der Waals surface area (Å²) in [5, 5.41) is 1.03. The molecule has 3 rings (SSSR count). The van der Waals surface area contributed by atoms with Crippen LogP contribution in [0.15, 0.2) is 39.9 Å². The van der Waals surface area contributed by atoms with Crippen molar-refractivity contribution in [3.8, 4) is 10.6 Å². The second kappa shape index (κ2) is 3.49. The molecule has 2 aliphatic heterocycles. The Balaban J connectivity index is 2.66. The number of nitrogens with zero attached hydrogens (tertiary/aromatic N) is 2. The van der Waals surface area contributed by atoms with Crippen LogP contribution >= 0.6 is 11.3 Å². The lowest BCUT2D eigenvalue weighted by Gasteiger charge is -2.05. The molecule has 4 nitrogen and oxygen atoms in total. The number of hydrogen-bond donors (Lipinski definition) is 0. The van der Waals surface area contributed by atoms with E-state index in [0.29, 0.717) is 10.4 Å². The smallest absolute Gasteiger partial charge is 0.268 e. The fourth-order valence-corrected chi connectivity index (χ4v) is 2.59. The summed E-state index contributed by atoms with van der Waals surface area (Å²) in [6, 6.07) is 7.44. The van der Waals surface area contributed by atoms with Gasteiger partial charge in [0.15, 0.2) is 0 Å². The van der Waals surface area contributed by atoms with Gasteiger partial charge in [-0.1, -0.05) is 18.2 Å². The molecule has 0 aromatic heterocycles. The quantitative estimate of drug-likeness (QED) is 0.563. The van der Waals surface area contributed by atoms with E-state index in [0.717, 1.165) is 9.27 Å². The third kappa shape index (κ3) is 1.47. The topological polar surface area (TPSA) is 52.0 Å². The van der Waals surface area contributed by atoms with Gasteiger partial charge in [0.25, 0.3) is 5.56 Å². The molecule has 0 radical (unpaired) electrons. The van der Waals surface area contributed by atoms with Crippen molar-refractivity contribution in [2.45, 2.75) is 0 Å². The van der Waals surface area contributed by atoms with Crippen LogP contribution in [-0.4, -0.2) is 9.55 Å². The SMILES string of the molecule is [2H]c1c2c(=O)n(C)c(=O)nc-2sc2ccccc12. The van der Waals surface area contributed by atoms with Gasteiger partial charge < -0.3 is 0 Å².